The third-order valence-corrected chi connectivity index (χ3v) is 2.98. The number of rotatable bonds is 8. The predicted molar refractivity (Wildman–Crippen MR) is 91.3 cm³/mol. The molecule has 0 saturated heterocycles. The van der Waals surface area contributed by atoms with E-state index in [1.165, 1.54) is 5.56 Å². The first kappa shape index (κ1) is 18.8. The summed E-state index contributed by atoms with van der Waals surface area (Å²) in [6, 6.07) is 7.89. The predicted octanol–water partition coefficient (Wildman–Crippen LogP) is 2.43. The van der Waals surface area contributed by atoms with Gasteiger partial charge in [0.25, 0.3) is 0 Å². The largest absolute Gasteiger partial charge is 0.444 e. The molecule has 0 bridgehead atoms. The van der Waals surface area contributed by atoms with Crippen LogP contribution in [0.1, 0.15) is 39.2 Å². The Balaban J connectivity index is 2.18. The molecule has 0 radical (unpaired) electrons. The van der Waals surface area contributed by atoms with Crippen molar-refractivity contribution in [2.24, 2.45) is 5.73 Å². The molecule has 0 aromatic heterocycles. The van der Waals surface area contributed by atoms with Gasteiger partial charge in [0.15, 0.2) is 0 Å². The van der Waals surface area contributed by atoms with Gasteiger partial charge in [-0.05, 0) is 57.7 Å². The standard InChI is InChI=1S/C17H27N3O3/c1-17(2,3)23-16(22)19-11-5-4-6-13-7-9-14(10-8-13)20-12-15(18)21/h7-10,20H,4-6,11-12H2,1-3H3,(H2,18,21)(H,19,22). The van der Waals surface area contributed by atoms with Gasteiger partial charge in [0.1, 0.15) is 5.60 Å². The quantitative estimate of drug-likeness (QED) is 0.641. The van der Waals surface area contributed by atoms with E-state index in [0.717, 1.165) is 24.9 Å². The van der Waals surface area contributed by atoms with E-state index in [1.807, 2.05) is 45.0 Å². The monoisotopic (exact) mass is 321 g/mol. The molecule has 0 aliphatic heterocycles. The van der Waals surface area contributed by atoms with E-state index in [2.05, 4.69) is 10.6 Å². The molecule has 23 heavy (non-hydrogen) atoms. The minimum Gasteiger partial charge on any atom is -0.444 e. The number of unbranched alkanes of at least 4 members (excludes halogenated alkanes) is 1. The van der Waals surface area contributed by atoms with Gasteiger partial charge < -0.3 is 21.1 Å². The van der Waals surface area contributed by atoms with Crippen LogP contribution in [0.2, 0.25) is 0 Å². The van der Waals surface area contributed by atoms with Gasteiger partial charge >= 0.3 is 6.09 Å². The first-order chi connectivity index (χ1) is 10.8. The van der Waals surface area contributed by atoms with E-state index in [-0.39, 0.29) is 18.5 Å². The number of hydrogen-bond donors (Lipinski definition) is 3. The lowest BCUT2D eigenvalue weighted by atomic mass is 10.1. The molecule has 4 N–H and O–H groups in total. The highest BCUT2D eigenvalue weighted by atomic mass is 16.6. The number of nitrogens with one attached hydrogen (secondary N) is 2. The van der Waals surface area contributed by atoms with Crippen LogP contribution in [-0.4, -0.2) is 30.7 Å². The van der Waals surface area contributed by atoms with Crippen molar-refractivity contribution in [2.45, 2.75) is 45.6 Å². The molecule has 128 valence electrons. The summed E-state index contributed by atoms with van der Waals surface area (Å²) >= 11 is 0. The molecule has 0 aliphatic rings. The molecule has 0 saturated carbocycles. The lowest BCUT2D eigenvalue weighted by Gasteiger charge is -2.19. The van der Waals surface area contributed by atoms with Gasteiger partial charge in [-0.2, -0.15) is 0 Å². The second-order valence-electron chi connectivity index (χ2n) is 6.40. The minimum absolute atomic E-state index is 0.135. The van der Waals surface area contributed by atoms with Crippen LogP contribution in [0.4, 0.5) is 10.5 Å². The number of alkyl carbamates (subject to hydrolysis) is 1. The van der Waals surface area contributed by atoms with E-state index in [9.17, 15) is 9.59 Å². The zero-order chi connectivity index (χ0) is 17.3. The number of aryl methyl sites for hydroxylation is 1. The molecule has 6 nitrogen and oxygen atoms in total. The number of anilines is 1. The fourth-order valence-electron chi connectivity index (χ4n) is 1.94. The van der Waals surface area contributed by atoms with Crippen molar-refractivity contribution in [3.63, 3.8) is 0 Å². The van der Waals surface area contributed by atoms with Crippen LogP contribution in [0.3, 0.4) is 0 Å². The molecule has 0 fully saturated rings. The topological polar surface area (TPSA) is 93.4 Å². The summed E-state index contributed by atoms with van der Waals surface area (Å²) in [6.07, 6.45) is 2.43. The van der Waals surface area contributed by atoms with Crippen molar-refractivity contribution >= 4 is 17.7 Å². The molecule has 0 spiro atoms. The van der Waals surface area contributed by atoms with Gasteiger partial charge in [-0.15, -0.1) is 0 Å². The molecule has 0 atom stereocenters. The van der Waals surface area contributed by atoms with Crippen molar-refractivity contribution < 1.29 is 14.3 Å². The summed E-state index contributed by atoms with van der Waals surface area (Å²) in [5.74, 6) is -0.383. The summed E-state index contributed by atoms with van der Waals surface area (Å²) in [6.45, 7) is 6.26. The van der Waals surface area contributed by atoms with Crippen molar-refractivity contribution in [3.05, 3.63) is 29.8 Å². The highest BCUT2D eigenvalue weighted by Gasteiger charge is 2.15. The number of carbonyl (C=O) groups excluding carboxylic acids is 2. The van der Waals surface area contributed by atoms with Gasteiger partial charge in [-0.1, -0.05) is 12.1 Å². The highest BCUT2D eigenvalue weighted by molar-refractivity contribution is 5.78. The maximum Gasteiger partial charge on any atom is 0.407 e. The van der Waals surface area contributed by atoms with Crippen LogP contribution in [0.15, 0.2) is 24.3 Å². The van der Waals surface area contributed by atoms with Crippen LogP contribution >= 0.6 is 0 Å². The van der Waals surface area contributed by atoms with E-state index in [0.29, 0.717) is 6.54 Å². The Hall–Kier alpha value is -2.24. The molecular formula is C17H27N3O3. The molecule has 2 amide bonds. The average Bonchev–Trinajstić information content (AvgIpc) is 2.44. The molecule has 1 aromatic carbocycles. The first-order valence-electron chi connectivity index (χ1n) is 7.84. The Kier molecular flexibility index (Phi) is 7.38. The third-order valence-electron chi connectivity index (χ3n) is 2.98. The Morgan fingerprint density at radius 3 is 2.35 bits per heavy atom. The minimum atomic E-state index is -0.464. The van der Waals surface area contributed by atoms with Gasteiger partial charge in [0.2, 0.25) is 5.91 Å². The Bertz CT molecular complexity index is 507. The van der Waals surface area contributed by atoms with Crippen LogP contribution < -0.4 is 16.4 Å². The van der Waals surface area contributed by atoms with Gasteiger partial charge in [0, 0.05) is 12.2 Å². The Morgan fingerprint density at radius 1 is 1.13 bits per heavy atom. The summed E-state index contributed by atoms with van der Waals surface area (Å²) in [5.41, 5.74) is 6.70. The number of benzene rings is 1. The number of amides is 2. The van der Waals surface area contributed by atoms with Crippen molar-refractivity contribution in [1.82, 2.24) is 5.32 Å². The fraction of sp³-hybridized carbons (Fsp3) is 0.529. The van der Waals surface area contributed by atoms with Crippen molar-refractivity contribution in [3.8, 4) is 0 Å². The Labute approximate surface area is 137 Å². The number of ether oxygens (including phenoxy) is 1. The smallest absolute Gasteiger partial charge is 0.407 e. The molecule has 1 rings (SSSR count). The van der Waals surface area contributed by atoms with Crippen LogP contribution in [-0.2, 0) is 16.0 Å². The van der Waals surface area contributed by atoms with Gasteiger partial charge in [0.05, 0.1) is 6.54 Å². The summed E-state index contributed by atoms with van der Waals surface area (Å²) in [4.78, 5) is 22.2. The number of hydrogen-bond acceptors (Lipinski definition) is 4. The SMILES string of the molecule is CC(C)(C)OC(=O)NCCCCc1ccc(NCC(N)=O)cc1. The lowest BCUT2D eigenvalue weighted by Crippen LogP contribution is -2.33. The third kappa shape index (κ3) is 9.39. The fourth-order valence-corrected chi connectivity index (χ4v) is 1.94. The normalized spacial score (nSPS) is 10.9. The zero-order valence-electron chi connectivity index (χ0n) is 14.1. The van der Waals surface area contributed by atoms with Crippen LogP contribution in [0, 0.1) is 0 Å². The molecule has 1 aromatic rings. The average molecular weight is 321 g/mol. The summed E-state index contributed by atoms with van der Waals surface area (Å²) in [7, 11) is 0. The van der Waals surface area contributed by atoms with E-state index in [1.54, 1.807) is 0 Å². The Morgan fingerprint density at radius 2 is 1.78 bits per heavy atom. The number of nitrogens with two attached hydrogens (primary N) is 1. The summed E-state index contributed by atoms with van der Waals surface area (Å²) < 4.78 is 5.17. The zero-order valence-corrected chi connectivity index (χ0v) is 14.1. The second kappa shape index (κ2) is 9.02. The highest BCUT2D eigenvalue weighted by Crippen LogP contribution is 2.11. The van der Waals surface area contributed by atoms with E-state index in [4.69, 9.17) is 10.5 Å². The number of carbonyl (C=O) groups is 2. The van der Waals surface area contributed by atoms with Crippen molar-refractivity contribution in [1.29, 1.82) is 0 Å². The second-order valence-corrected chi connectivity index (χ2v) is 6.40. The number of primary amides is 1. The van der Waals surface area contributed by atoms with E-state index < -0.39 is 5.60 Å². The van der Waals surface area contributed by atoms with Gasteiger partial charge in [-0.3, -0.25) is 4.79 Å². The summed E-state index contributed by atoms with van der Waals surface area (Å²) in [5, 5.41) is 5.69. The molecule has 0 heterocycles. The van der Waals surface area contributed by atoms with Crippen LogP contribution in [0.25, 0.3) is 0 Å². The lowest BCUT2D eigenvalue weighted by molar-refractivity contribution is -0.116. The maximum absolute atomic E-state index is 11.5. The van der Waals surface area contributed by atoms with Gasteiger partial charge in [-0.25, -0.2) is 4.79 Å². The van der Waals surface area contributed by atoms with E-state index >= 15 is 0 Å². The van der Waals surface area contributed by atoms with Crippen molar-refractivity contribution in [2.75, 3.05) is 18.4 Å². The van der Waals surface area contributed by atoms with Crippen LogP contribution in [0.5, 0.6) is 0 Å². The first-order valence-corrected chi connectivity index (χ1v) is 7.84. The molecule has 0 aliphatic carbocycles. The molecule has 6 heteroatoms. The molecule has 0 unspecified atom stereocenters. The molecular weight excluding hydrogens is 294 g/mol. The maximum atomic E-state index is 11.5.